The van der Waals surface area contributed by atoms with E-state index in [0.29, 0.717) is 17.2 Å². The minimum Gasteiger partial charge on any atom is -0.398 e. The average Bonchev–Trinajstić information content (AvgIpc) is 3.14. The third kappa shape index (κ3) is 2.52. The maximum absolute atomic E-state index is 12.5. The van der Waals surface area contributed by atoms with Gasteiger partial charge >= 0.3 is 0 Å². The number of rotatable bonds is 3. The molecule has 1 aromatic rings. The summed E-state index contributed by atoms with van der Waals surface area (Å²) in [4.78, 5) is 12.5. The van der Waals surface area contributed by atoms with Crippen molar-refractivity contribution in [2.75, 3.05) is 12.3 Å². The normalized spacial score (nSPS) is 25.7. The Kier molecular flexibility index (Phi) is 3.42. The zero-order chi connectivity index (χ0) is 14.3. The van der Waals surface area contributed by atoms with Crippen molar-refractivity contribution in [3.8, 4) is 0 Å². The second-order valence-corrected chi connectivity index (χ2v) is 6.07. The molecule has 0 spiro atoms. The minimum atomic E-state index is -0.0321. The molecule has 1 saturated heterocycles. The highest BCUT2D eigenvalue weighted by Gasteiger charge is 2.41. The quantitative estimate of drug-likeness (QED) is 0.830. The van der Waals surface area contributed by atoms with Crippen LogP contribution in [0, 0.1) is 19.8 Å². The number of ether oxygens (including phenoxy) is 1. The minimum absolute atomic E-state index is 0.0321. The summed E-state index contributed by atoms with van der Waals surface area (Å²) >= 11 is 0. The molecule has 2 atom stereocenters. The zero-order valence-corrected chi connectivity index (χ0v) is 12.1. The summed E-state index contributed by atoms with van der Waals surface area (Å²) in [5.74, 6) is 0.613. The molecule has 2 fully saturated rings. The molecule has 1 aromatic carbocycles. The van der Waals surface area contributed by atoms with Crippen molar-refractivity contribution < 1.29 is 9.53 Å². The van der Waals surface area contributed by atoms with Crippen molar-refractivity contribution in [1.82, 2.24) is 5.32 Å². The van der Waals surface area contributed by atoms with Gasteiger partial charge in [-0.25, -0.2) is 0 Å². The van der Waals surface area contributed by atoms with Gasteiger partial charge in [0.05, 0.1) is 12.1 Å². The summed E-state index contributed by atoms with van der Waals surface area (Å²) in [6, 6.07) is 3.90. The Hall–Kier alpha value is -1.55. The molecule has 1 aliphatic carbocycles. The number of aryl methyl sites for hydroxylation is 2. The highest BCUT2D eigenvalue weighted by Crippen LogP contribution is 2.38. The van der Waals surface area contributed by atoms with Crippen LogP contribution in [0.2, 0.25) is 0 Å². The molecule has 4 heteroatoms. The van der Waals surface area contributed by atoms with Gasteiger partial charge in [0.1, 0.15) is 0 Å². The van der Waals surface area contributed by atoms with E-state index in [-0.39, 0.29) is 18.1 Å². The van der Waals surface area contributed by atoms with Crippen LogP contribution in [-0.4, -0.2) is 24.7 Å². The predicted octanol–water partition coefficient (Wildman–Crippen LogP) is 2.18. The average molecular weight is 274 g/mol. The number of nitrogens with two attached hydrogens (primary N) is 1. The lowest BCUT2D eigenvalue weighted by atomic mass is 10.0. The number of carbonyl (C=O) groups is 1. The fourth-order valence-electron chi connectivity index (χ4n) is 3.01. The van der Waals surface area contributed by atoms with Crippen LogP contribution in [0.25, 0.3) is 0 Å². The van der Waals surface area contributed by atoms with Crippen LogP contribution in [0.15, 0.2) is 12.1 Å². The molecule has 20 heavy (non-hydrogen) atoms. The van der Waals surface area contributed by atoms with Gasteiger partial charge in [-0.1, -0.05) is 6.07 Å². The Balaban J connectivity index is 1.74. The molecular weight excluding hydrogens is 252 g/mol. The first-order chi connectivity index (χ1) is 9.56. The van der Waals surface area contributed by atoms with E-state index in [1.807, 2.05) is 19.9 Å². The van der Waals surface area contributed by atoms with Crippen molar-refractivity contribution in [3.63, 3.8) is 0 Å². The molecule has 3 rings (SSSR count). The van der Waals surface area contributed by atoms with E-state index in [2.05, 4.69) is 5.32 Å². The number of nitrogens with one attached hydrogen (secondary N) is 1. The highest BCUT2D eigenvalue weighted by atomic mass is 16.5. The Morgan fingerprint density at radius 1 is 1.25 bits per heavy atom. The van der Waals surface area contributed by atoms with E-state index >= 15 is 0 Å². The predicted molar refractivity (Wildman–Crippen MR) is 78.7 cm³/mol. The third-order valence-electron chi connectivity index (χ3n) is 4.40. The van der Waals surface area contributed by atoms with Crippen molar-refractivity contribution in [2.24, 2.45) is 5.92 Å². The first kappa shape index (κ1) is 13.4. The van der Waals surface area contributed by atoms with Crippen LogP contribution in [-0.2, 0) is 4.74 Å². The molecule has 0 aromatic heterocycles. The number of nitrogen functional groups attached to an aromatic ring is 1. The number of carbonyl (C=O) groups excluding carboxylic acids is 1. The lowest BCUT2D eigenvalue weighted by Gasteiger charge is -2.20. The maximum Gasteiger partial charge on any atom is 0.251 e. The van der Waals surface area contributed by atoms with Crippen LogP contribution in [0.1, 0.15) is 40.7 Å². The summed E-state index contributed by atoms with van der Waals surface area (Å²) in [6.45, 7) is 4.66. The van der Waals surface area contributed by atoms with Gasteiger partial charge in [-0.05, 0) is 56.2 Å². The number of benzene rings is 1. The smallest absolute Gasteiger partial charge is 0.251 e. The molecule has 1 amide bonds. The molecule has 0 bridgehead atoms. The first-order valence-corrected chi connectivity index (χ1v) is 7.35. The van der Waals surface area contributed by atoms with Gasteiger partial charge in [-0.15, -0.1) is 0 Å². The lowest BCUT2D eigenvalue weighted by Crippen LogP contribution is -2.41. The maximum atomic E-state index is 12.5. The standard InChI is InChI=1S/C16H22N2O2/c1-9-7-10(2)13(17)8-12(9)16(19)18-14-5-6-20-15(14)11-3-4-11/h7-8,11,14-15H,3-6,17H2,1-2H3,(H,18,19). The van der Waals surface area contributed by atoms with Crippen LogP contribution in [0.3, 0.4) is 0 Å². The third-order valence-corrected chi connectivity index (χ3v) is 4.40. The van der Waals surface area contributed by atoms with Gasteiger partial charge in [0, 0.05) is 17.9 Å². The molecule has 108 valence electrons. The molecule has 2 unspecified atom stereocenters. The SMILES string of the molecule is Cc1cc(C)c(C(=O)NC2CCOC2C2CC2)cc1N. The Morgan fingerprint density at radius 2 is 2.00 bits per heavy atom. The number of hydrogen-bond donors (Lipinski definition) is 2. The Labute approximate surface area is 119 Å². The molecule has 0 radical (unpaired) electrons. The molecule has 1 heterocycles. The summed E-state index contributed by atoms with van der Waals surface area (Å²) in [6.07, 6.45) is 3.58. The van der Waals surface area contributed by atoms with Gasteiger partial charge in [-0.2, -0.15) is 0 Å². The molecule has 1 saturated carbocycles. The van der Waals surface area contributed by atoms with Crippen LogP contribution >= 0.6 is 0 Å². The fraction of sp³-hybridized carbons (Fsp3) is 0.562. The van der Waals surface area contributed by atoms with Crippen LogP contribution in [0.5, 0.6) is 0 Å². The summed E-state index contributed by atoms with van der Waals surface area (Å²) < 4.78 is 5.76. The van der Waals surface area contributed by atoms with Gasteiger partial charge in [0.2, 0.25) is 0 Å². The van der Waals surface area contributed by atoms with E-state index in [1.54, 1.807) is 6.07 Å². The molecule has 3 N–H and O–H groups in total. The summed E-state index contributed by atoms with van der Waals surface area (Å²) in [5.41, 5.74) is 9.24. The van der Waals surface area contributed by atoms with E-state index < -0.39 is 0 Å². The Bertz CT molecular complexity index is 538. The van der Waals surface area contributed by atoms with E-state index in [4.69, 9.17) is 10.5 Å². The number of amides is 1. The first-order valence-electron chi connectivity index (χ1n) is 7.35. The van der Waals surface area contributed by atoms with Crippen molar-refractivity contribution in [1.29, 1.82) is 0 Å². The molecule has 1 aliphatic heterocycles. The molecule has 2 aliphatic rings. The van der Waals surface area contributed by atoms with Crippen molar-refractivity contribution >= 4 is 11.6 Å². The molecule has 4 nitrogen and oxygen atoms in total. The lowest BCUT2D eigenvalue weighted by molar-refractivity contribution is 0.0729. The summed E-state index contributed by atoms with van der Waals surface area (Å²) in [7, 11) is 0. The second kappa shape index (κ2) is 5.09. The monoisotopic (exact) mass is 274 g/mol. The van der Waals surface area contributed by atoms with Gasteiger partial charge in [0.15, 0.2) is 0 Å². The molecular formula is C16H22N2O2. The zero-order valence-electron chi connectivity index (χ0n) is 12.1. The highest BCUT2D eigenvalue weighted by molar-refractivity contribution is 5.97. The van der Waals surface area contributed by atoms with E-state index in [1.165, 1.54) is 12.8 Å². The largest absolute Gasteiger partial charge is 0.398 e. The number of hydrogen-bond acceptors (Lipinski definition) is 3. The van der Waals surface area contributed by atoms with Crippen LogP contribution in [0.4, 0.5) is 5.69 Å². The summed E-state index contributed by atoms with van der Waals surface area (Å²) in [5, 5.41) is 3.13. The topological polar surface area (TPSA) is 64.3 Å². The fourth-order valence-corrected chi connectivity index (χ4v) is 3.01. The second-order valence-electron chi connectivity index (χ2n) is 6.07. The number of anilines is 1. The van der Waals surface area contributed by atoms with Crippen molar-refractivity contribution in [3.05, 3.63) is 28.8 Å². The van der Waals surface area contributed by atoms with Gasteiger partial charge < -0.3 is 15.8 Å². The van der Waals surface area contributed by atoms with Gasteiger partial charge in [0.25, 0.3) is 5.91 Å². The van der Waals surface area contributed by atoms with E-state index in [9.17, 15) is 4.79 Å². The van der Waals surface area contributed by atoms with Crippen molar-refractivity contribution in [2.45, 2.75) is 45.3 Å². The van der Waals surface area contributed by atoms with Gasteiger partial charge in [-0.3, -0.25) is 4.79 Å². The van der Waals surface area contributed by atoms with E-state index in [0.717, 1.165) is 24.2 Å². The van der Waals surface area contributed by atoms with Crippen LogP contribution < -0.4 is 11.1 Å². The Morgan fingerprint density at radius 3 is 2.70 bits per heavy atom.